The maximum atomic E-state index is 12.1. The van der Waals surface area contributed by atoms with Crippen molar-refractivity contribution < 1.29 is 14.7 Å². The maximum absolute atomic E-state index is 12.1. The Labute approximate surface area is 111 Å². The Balaban J connectivity index is 2.05. The third kappa shape index (κ3) is 2.76. The summed E-state index contributed by atoms with van der Waals surface area (Å²) in [4.78, 5) is 22.9. The number of nitrogen functional groups attached to an aromatic ring is 1. The van der Waals surface area contributed by atoms with E-state index in [-0.39, 0.29) is 11.9 Å². The van der Waals surface area contributed by atoms with Crippen molar-refractivity contribution in [3.8, 4) is 0 Å². The lowest BCUT2D eigenvalue weighted by molar-refractivity contribution is -0.140. The Hall–Kier alpha value is -2.30. The molecule has 5 nitrogen and oxygen atoms in total. The van der Waals surface area contributed by atoms with Crippen LogP contribution in [0.15, 0.2) is 30.4 Å². The quantitative estimate of drug-likeness (QED) is 0.564. The van der Waals surface area contributed by atoms with Crippen LogP contribution in [0.1, 0.15) is 22.3 Å². The summed E-state index contributed by atoms with van der Waals surface area (Å²) >= 11 is 0. The van der Waals surface area contributed by atoms with Crippen molar-refractivity contribution in [2.45, 2.75) is 19.4 Å². The Bertz CT molecular complexity index is 552. The first kappa shape index (κ1) is 13.1. The number of carbonyl (C=O) groups is 2. The number of carboxylic acid groups (broad SMARTS) is 1. The van der Waals surface area contributed by atoms with E-state index in [1.54, 1.807) is 37.3 Å². The number of anilines is 1. The lowest BCUT2D eigenvalue weighted by Crippen LogP contribution is -2.33. The second-order valence-corrected chi connectivity index (χ2v) is 4.67. The van der Waals surface area contributed by atoms with Gasteiger partial charge in [0, 0.05) is 17.3 Å². The van der Waals surface area contributed by atoms with Crippen LogP contribution in [-0.4, -0.2) is 23.0 Å². The number of nitrogens with two attached hydrogens (primary N) is 1. The Morgan fingerprint density at radius 1 is 1.37 bits per heavy atom. The molecule has 1 aliphatic rings. The lowest BCUT2D eigenvalue weighted by Gasteiger charge is -2.14. The van der Waals surface area contributed by atoms with Gasteiger partial charge in [0.05, 0.1) is 5.92 Å². The van der Waals surface area contributed by atoms with E-state index in [1.807, 2.05) is 0 Å². The highest BCUT2D eigenvalue weighted by atomic mass is 16.4. The number of carboxylic acids is 1. The molecule has 0 spiro atoms. The summed E-state index contributed by atoms with van der Waals surface area (Å²) in [6, 6.07) is 4.92. The first-order valence-corrected chi connectivity index (χ1v) is 6.06. The highest BCUT2D eigenvalue weighted by Gasteiger charge is 2.25. The minimum absolute atomic E-state index is 0.231. The van der Waals surface area contributed by atoms with Gasteiger partial charge >= 0.3 is 5.97 Å². The van der Waals surface area contributed by atoms with Gasteiger partial charge in [0.25, 0.3) is 5.91 Å². The summed E-state index contributed by atoms with van der Waals surface area (Å²) in [7, 11) is 0. The monoisotopic (exact) mass is 260 g/mol. The standard InChI is InChI=1S/C14H16N2O3/c1-8-11(3-2-4-12(8)15)13(17)16-10-6-5-9(7-10)14(18)19/h2-6,9-10H,7,15H2,1H3,(H,16,17)(H,18,19). The first-order valence-electron chi connectivity index (χ1n) is 6.06. The topological polar surface area (TPSA) is 92.4 Å². The molecule has 0 aliphatic heterocycles. The highest BCUT2D eigenvalue weighted by molar-refractivity contribution is 5.97. The van der Waals surface area contributed by atoms with Crippen molar-refractivity contribution >= 4 is 17.6 Å². The third-order valence-corrected chi connectivity index (χ3v) is 3.34. The van der Waals surface area contributed by atoms with Crippen molar-refractivity contribution in [2.24, 2.45) is 5.92 Å². The van der Waals surface area contributed by atoms with Crippen LogP contribution < -0.4 is 11.1 Å². The molecule has 2 atom stereocenters. The molecule has 0 heterocycles. The molecule has 0 saturated carbocycles. The van der Waals surface area contributed by atoms with Gasteiger partial charge in [-0.25, -0.2) is 0 Å². The summed E-state index contributed by atoms with van der Waals surface area (Å²) < 4.78 is 0. The Morgan fingerprint density at radius 2 is 2.11 bits per heavy atom. The number of amides is 1. The number of benzene rings is 1. The second kappa shape index (κ2) is 5.14. The molecule has 2 unspecified atom stereocenters. The van der Waals surface area contributed by atoms with Gasteiger partial charge in [0.15, 0.2) is 0 Å². The zero-order chi connectivity index (χ0) is 14.0. The van der Waals surface area contributed by atoms with E-state index in [0.29, 0.717) is 17.7 Å². The van der Waals surface area contributed by atoms with E-state index >= 15 is 0 Å². The van der Waals surface area contributed by atoms with Gasteiger partial charge in [-0.1, -0.05) is 18.2 Å². The largest absolute Gasteiger partial charge is 0.481 e. The Kier molecular flexibility index (Phi) is 3.55. The van der Waals surface area contributed by atoms with Crippen LogP contribution in [0.4, 0.5) is 5.69 Å². The van der Waals surface area contributed by atoms with Crippen LogP contribution in [-0.2, 0) is 4.79 Å². The van der Waals surface area contributed by atoms with E-state index in [2.05, 4.69) is 5.32 Å². The first-order chi connectivity index (χ1) is 8.99. The van der Waals surface area contributed by atoms with Crippen molar-refractivity contribution in [3.05, 3.63) is 41.5 Å². The molecule has 0 aromatic heterocycles. The maximum Gasteiger partial charge on any atom is 0.310 e. The molecule has 2 rings (SSSR count). The number of carbonyl (C=O) groups excluding carboxylic acids is 1. The summed E-state index contributed by atoms with van der Waals surface area (Å²) in [5, 5.41) is 11.7. The number of hydrogen-bond acceptors (Lipinski definition) is 3. The summed E-state index contributed by atoms with van der Waals surface area (Å²) in [5.41, 5.74) is 7.58. The van der Waals surface area contributed by atoms with E-state index in [0.717, 1.165) is 5.56 Å². The van der Waals surface area contributed by atoms with Crippen LogP contribution in [0.5, 0.6) is 0 Å². The SMILES string of the molecule is Cc1c(N)cccc1C(=O)NC1C=CC(C(=O)O)C1. The van der Waals surface area contributed by atoms with Crippen molar-refractivity contribution in [2.75, 3.05) is 5.73 Å². The fourth-order valence-corrected chi connectivity index (χ4v) is 2.13. The molecule has 0 radical (unpaired) electrons. The van der Waals surface area contributed by atoms with Crippen LogP contribution in [0, 0.1) is 12.8 Å². The molecule has 1 amide bonds. The average Bonchev–Trinajstić information content (AvgIpc) is 2.81. The Morgan fingerprint density at radius 3 is 2.74 bits per heavy atom. The fraction of sp³-hybridized carbons (Fsp3) is 0.286. The van der Waals surface area contributed by atoms with Crippen LogP contribution >= 0.6 is 0 Å². The minimum Gasteiger partial charge on any atom is -0.481 e. The van der Waals surface area contributed by atoms with Crippen molar-refractivity contribution in [3.63, 3.8) is 0 Å². The normalized spacial score (nSPS) is 21.3. The van der Waals surface area contributed by atoms with Gasteiger partial charge in [-0.15, -0.1) is 0 Å². The molecule has 100 valence electrons. The van der Waals surface area contributed by atoms with Gasteiger partial charge < -0.3 is 16.2 Å². The van der Waals surface area contributed by atoms with E-state index in [9.17, 15) is 9.59 Å². The zero-order valence-electron chi connectivity index (χ0n) is 10.6. The summed E-state index contributed by atoms with van der Waals surface area (Å²) in [5.74, 6) is -1.62. The predicted octanol–water partition coefficient (Wildman–Crippen LogP) is 1.34. The molecule has 0 bridgehead atoms. The molecule has 1 aliphatic carbocycles. The molecular formula is C14H16N2O3. The smallest absolute Gasteiger partial charge is 0.310 e. The van der Waals surface area contributed by atoms with Gasteiger partial charge in [0.2, 0.25) is 0 Å². The van der Waals surface area contributed by atoms with Gasteiger partial charge in [0.1, 0.15) is 0 Å². The highest BCUT2D eigenvalue weighted by Crippen LogP contribution is 2.20. The number of hydrogen-bond donors (Lipinski definition) is 3. The van der Waals surface area contributed by atoms with E-state index in [1.165, 1.54) is 0 Å². The fourth-order valence-electron chi connectivity index (χ4n) is 2.13. The molecular weight excluding hydrogens is 244 g/mol. The molecule has 5 heteroatoms. The van der Waals surface area contributed by atoms with E-state index in [4.69, 9.17) is 10.8 Å². The summed E-state index contributed by atoms with van der Waals surface area (Å²) in [6.07, 6.45) is 3.72. The number of aliphatic carboxylic acids is 1. The number of nitrogens with one attached hydrogen (secondary N) is 1. The minimum atomic E-state index is -0.867. The molecule has 4 N–H and O–H groups in total. The summed E-state index contributed by atoms with van der Waals surface area (Å²) in [6.45, 7) is 1.79. The predicted molar refractivity (Wildman–Crippen MR) is 71.7 cm³/mol. The van der Waals surface area contributed by atoms with Crippen LogP contribution in [0.3, 0.4) is 0 Å². The third-order valence-electron chi connectivity index (χ3n) is 3.34. The van der Waals surface area contributed by atoms with Gasteiger partial charge in [-0.3, -0.25) is 9.59 Å². The number of rotatable bonds is 3. The molecule has 19 heavy (non-hydrogen) atoms. The van der Waals surface area contributed by atoms with E-state index < -0.39 is 11.9 Å². The molecule has 0 fully saturated rings. The second-order valence-electron chi connectivity index (χ2n) is 4.67. The van der Waals surface area contributed by atoms with Crippen molar-refractivity contribution in [1.29, 1.82) is 0 Å². The lowest BCUT2D eigenvalue weighted by atomic mass is 10.0. The molecule has 1 aromatic carbocycles. The average molecular weight is 260 g/mol. The van der Waals surface area contributed by atoms with Crippen molar-refractivity contribution in [1.82, 2.24) is 5.32 Å². The van der Waals surface area contributed by atoms with Crippen LogP contribution in [0.2, 0.25) is 0 Å². The molecule has 0 saturated heterocycles. The van der Waals surface area contributed by atoms with Gasteiger partial charge in [-0.05, 0) is 31.0 Å². The van der Waals surface area contributed by atoms with Crippen LogP contribution in [0.25, 0.3) is 0 Å². The molecule has 1 aromatic rings. The van der Waals surface area contributed by atoms with Gasteiger partial charge in [-0.2, -0.15) is 0 Å². The zero-order valence-corrected chi connectivity index (χ0v) is 10.6.